The number of aryl methyl sites for hydroxylation is 1. The van der Waals surface area contributed by atoms with Crippen LogP contribution in [0.15, 0.2) is 67.1 Å². The lowest BCUT2D eigenvalue weighted by atomic mass is 10.0. The van der Waals surface area contributed by atoms with E-state index in [0.717, 1.165) is 44.6 Å². The van der Waals surface area contributed by atoms with Crippen molar-refractivity contribution in [1.82, 2.24) is 35.1 Å². The number of aromatic amines is 2. The Bertz CT molecular complexity index is 1680. The van der Waals surface area contributed by atoms with E-state index in [-0.39, 0.29) is 0 Å². The highest BCUT2D eigenvalue weighted by molar-refractivity contribution is 5.95. The summed E-state index contributed by atoms with van der Waals surface area (Å²) in [6.07, 6.45) is 5.42. The molecule has 0 bridgehead atoms. The van der Waals surface area contributed by atoms with Gasteiger partial charge in [0.1, 0.15) is 5.52 Å². The zero-order chi connectivity index (χ0) is 23.9. The molecule has 5 heterocycles. The number of benzene rings is 1. The lowest BCUT2D eigenvalue weighted by Gasteiger charge is -2.10. The first-order valence-corrected chi connectivity index (χ1v) is 11.5. The van der Waals surface area contributed by atoms with Gasteiger partial charge in [0.15, 0.2) is 17.2 Å². The van der Waals surface area contributed by atoms with Crippen LogP contribution in [-0.4, -0.2) is 41.2 Å². The molecule has 0 unspecified atom stereocenters. The summed E-state index contributed by atoms with van der Waals surface area (Å²) >= 11 is 0. The van der Waals surface area contributed by atoms with Gasteiger partial charge in [0, 0.05) is 35.8 Å². The molecule has 0 amide bonds. The van der Waals surface area contributed by atoms with Crippen molar-refractivity contribution in [2.45, 2.75) is 26.8 Å². The summed E-state index contributed by atoms with van der Waals surface area (Å²) < 4.78 is 0. The van der Waals surface area contributed by atoms with Crippen LogP contribution in [0, 0.1) is 6.92 Å². The van der Waals surface area contributed by atoms with Gasteiger partial charge in [0.2, 0.25) is 0 Å². The molecule has 8 nitrogen and oxygen atoms in total. The Morgan fingerprint density at radius 1 is 0.943 bits per heavy atom. The minimum absolute atomic E-state index is 0.314. The summed E-state index contributed by atoms with van der Waals surface area (Å²) in [5.74, 6) is 0.622. The van der Waals surface area contributed by atoms with Crippen molar-refractivity contribution < 1.29 is 0 Å². The van der Waals surface area contributed by atoms with Crippen LogP contribution < -0.4 is 5.32 Å². The van der Waals surface area contributed by atoms with Gasteiger partial charge in [-0.05, 0) is 50.6 Å². The number of hydrogen-bond donors (Lipinski definition) is 3. The van der Waals surface area contributed by atoms with Gasteiger partial charge in [-0.3, -0.25) is 10.1 Å². The van der Waals surface area contributed by atoms with E-state index in [9.17, 15) is 0 Å². The van der Waals surface area contributed by atoms with Crippen molar-refractivity contribution >= 4 is 27.9 Å². The van der Waals surface area contributed by atoms with Crippen molar-refractivity contribution in [3.05, 3.63) is 72.7 Å². The Morgan fingerprint density at radius 2 is 1.86 bits per heavy atom. The molecule has 1 aromatic carbocycles. The Labute approximate surface area is 201 Å². The molecule has 5 aromatic heterocycles. The smallest absolute Gasteiger partial charge is 0.178 e. The Morgan fingerprint density at radius 3 is 2.71 bits per heavy atom. The molecular weight excluding hydrogens is 436 g/mol. The van der Waals surface area contributed by atoms with Crippen molar-refractivity contribution in [2.24, 2.45) is 0 Å². The highest BCUT2D eigenvalue weighted by Gasteiger charge is 2.17. The van der Waals surface area contributed by atoms with E-state index >= 15 is 0 Å². The highest BCUT2D eigenvalue weighted by Crippen LogP contribution is 2.31. The number of nitrogens with zero attached hydrogens (tertiary/aromatic N) is 5. The molecule has 0 aliphatic heterocycles. The maximum atomic E-state index is 4.92. The van der Waals surface area contributed by atoms with Crippen LogP contribution in [0.25, 0.3) is 56.1 Å². The molecule has 8 heteroatoms. The van der Waals surface area contributed by atoms with Gasteiger partial charge in [-0.15, -0.1) is 0 Å². The van der Waals surface area contributed by atoms with Crippen molar-refractivity contribution in [3.8, 4) is 33.9 Å². The molecule has 0 atom stereocenters. The number of imidazole rings is 1. The fourth-order valence-electron chi connectivity index (χ4n) is 4.29. The monoisotopic (exact) mass is 460 g/mol. The SMILES string of the molecule is Cc1cccc(-c2ccnc3nc(-c4n[nH]c5ccc(-c6cncc(NC(C)C)c6)nc45)[nH]c23)c1. The van der Waals surface area contributed by atoms with Crippen molar-refractivity contribution in [3.63, 3.8) is 0 Å². The van der Waals surface area contributed by atoms with E-state index in [2.05, 4.69) is 81.6 Å². The fraction of sp³-hybridized carbons (Fsp3) is 0.148. The number of pyridine rings is 3. The van der Waals surface area contributed by atoms with Crippen LogP contribution in [0.5, 0.6) is 0 Å². The first kappa shape index (κ1) is 21.0. The Kier molecular flexibility index (Phi) is 4.99. The molecular formula is C27H24N8. The second-order valence-corrected chi connectivity index (χ2v) is 8.94. The predicted molar refractivity (Wildman–Crippen MR) is 139 cm³/mol. The average molecular weight is 461 g/mol. The van der Waals surface area contributed by atoms with Crippen molar-refractivity contribution in [2.75, 3.05) is 5.32 Å². The number of aromatic nitrogens is 7. The van der Waals surface area contributed by atoms with Crippen LogP contribution in [0.3, 0.4) is 0 Å². The van der Waals surface area contributed by atoms with Gasteiger partial charge in [-0.2, -0.15) is 5.10 Å². The zero-order valence-corrected chi connectivity index (χ0v) is 19.7. The summed E-state index contributed by atoms with van der Waals surface area (Å²) in [5.41, 5.74) is 9.80. The normalized spacial score (nSPS) is 11.5. The standard InChI is InChI=1S/C27H24N8/c1-15(2)30-19-12-18(13-28-14-19)21-7-8-22-24(31-21)25(35-34-22)27-32-23-20(9-10-29-26(23)33-27)17-6-4-5-16(3)11-17/h4-15,30H,1-3H3,(H,34,35)(H,29,32,33). The number of rotatable bonds is 5. The largest absolute Gasteiger partial charge is 0.382 e. The number of hydrogen-bond acceptors (Lipinski definition) is 6. The molecule has 6 rings (SSSR count). The fourth-order valence-corrected chi connectivity index (χ4v) is 4.29. The third-order valence-corrected chi connectivity index (χ3v) is 5.84. The lowest BCUT2D eigenvalue weighted by molar-refractivity contribution is 0.898. The molecule has 0 aliphatic carbocycles. The second kappa shape index (κ2) is 8.32. The molecule has 35 heavy (non-hydrogen) atoms. The topological polar surface area (TPSA) is 108 Å². The van der Waals surface area contributed by atoms with E-state index in [4.69, 9.17) is 9.97 Å². The van der Waals surface area contributed by atoms with E-state index in [1.165, 1.54) is 5.56 Å². The minimum Gasteiger partial charge on any atom is -0.382 e. The molecule has 0 fully saturated rings. The molecule has 6 aromatic rings. The van der Waals surface area contributed by atoms with Gasteiger partial charge in [0.05, 0.1) is 22.4 Å². The summed E-state index contributed by atoms with van der Waals surface area (Å²) in [6, 6.07) is 16.7. The summed E-state index contributed by atoms with van der Waals surface area (Å²) in [5, 5.41) is 11.0. The zero-order valence-electron chi connectivity index (χ0n) is 19.7. The molecule has 0 aliphatic rings. The Hall–Kier alpha value is -4.59. The third kappa shape index (κ3) is 3.89. The molecule has 0 saturated heterocycles. The maximum Gasteiger partial charge on any atom is 0.178 e. The number of fused-ring (bicyclic) bond motifs is 2. The molecule has 3 N–H and O–H groups in total. The van der Waals surface area contributed by atoms with Gasteiger partial charge in [-0.1, -0.05) is 29.8 Å². The average Bonchev–Trinajstić information content (AvgIpc) is 3.47. The summed E-state index contributed by atoms with van der Waals surface area (Å²) in [4.78, 5) is 22.0. The number of H-pyrrole nitrogens is 2. The predicted octanol–water partition coefficient (Wildman–Crippen LogP) is 5.75. The molecule has 0 radical (unpaired) electrons. The quantitative estimate of drug-likeness (QED) is 0.302. The van der Waals surface area contributed by atoms with Crippen LogP contribution in [-0.2, 0) is 0 Å². The van der Waals surface area contributed by atoms with Gasteiger partial charge in [0.25, 0.3) is 0 Å². The maximum absolute atomic E-state index is 4.92. The van der Waals surface area contributed by atoms with E-state index in [0.29, 0.717) is 23.2 Å². The number of nitrogens with one attached hydrogen (secondary N) is 3. The third-order valence-electron chi connectivity index (χ3n) is 5.84. The van der Waals surface area contributed by atoms with Crippen LogP contribution in [0.1, 0.15) is 19.4 Å². The van der Waals surface area contributed by atoms with Crippen LogP contribution in [0.2, 0.25) is 0 Å². The first-order valence-electron chi connectivity index (χ1n) is 11.5. The lowest BCUT2D eigenvalue weighted by Crippen LogP contribution is -2.09. The van der Waals surface area contributed by atoms with E-state index in [1.807, 2.05) is 30.6 Å². The minimum atomic E-state index is 0.314. The molecule has 0 spiro atoms. The summed E-state index contributed by atoms with van der Waals surface area (Å²) in [6.45, 7) is 6.28. The van der Waals surface area contributed by atoms with Gasteiger partial charge in [-0.25, -0.2) is 15.0 Å². The highest BCUT2D eigenvalue weighted by atomic mass is 15.2. The Balaban J connectivity index is 1.45. The van der Waals surface area contributed by atoms with Crippen molar-refractivity contribution in [1.29, 1.82) is 0 Å². The number of anilines is 1. The van der Waals surface area contributed by atoms with Gasteiger partial charge < -0.3 is 10.3 Å². The van der Waals surface area contributed by atoms with E-state index in [1.54, 1.807) is 6.20 Å². The molecule has 172 valence electrons. The molecule has 0 saturated carbocycles. The first-order chi connectivity index (χ1) is 17.0. The second-order valence-electron chi connectivity index (χ2n) is 8.94. The van der Waals surface area contributed by atoms with Crippen LogP contribution >= 0.6 is 0 Å². The summed E-state index contributed by atoms with van der Waals surface area (Å²) in [7, 11) is 0. The van der Waals surface area contributed by atoms with Crippen LogP contribution in [0.4, 0.5) is 5.69 Å². The van der Waals surface area contributed by atoms with Gasteiger partial charge >= 0.3 is 0 Å². The van der Waals surface area contributed by atoms with E-state index < -0.39 is 0 Å².